The van der Waals surface area contributed by atoms with Crippen LogP contribution in [0.1, 0.15) is 5.56 Å². The van der Waals surface area contributed by atoms with Gasteiger partial charge >= 0.3 is 6.18 Å². The lowest BCUT2D eigenvalue weighted by atomic mass is 10.1. The van der Waals surface area contributed by atoms with Gasteiger partial charge < -0.3 is 20.1 Å². The molecule has 2 N–H and O–H groups in total. The van der Waals surface area contributed by atoms with Gasteiger partial charge in [-0.05, 0) is 30.3 Å². The fourth-order valence-electron chi connectivity index (χ4n) is 2.10. The molecular weight excluding hydrogens is 349 g/mol. The van der Waals surface area contributed by atoms with Gasteiger partial charge in [-0.3, -0.25) is 4.79 Å². The molecule has 26 heavy (non-hydrogen) atoms. The third-order valence-corrected chi connectivity index (χ3v) is 3.35. The van der Waals surface area contributed by atoms with Crippen LogP contribution < -0.4 is 15.4 Å². The van der Waals surface area contributed by atoms with Crippen molar-refractivity contribution in [3.63, 3.8) is 0 Å². The van der Waals surface area contributed by atoms with Crippen molar-refractivity contribution in [2.75, 3.05) is 37.5 Å². The van der Waals surface area contributed by atoms with Crippen molar-refractivity contribution in [1.29, 1.82) is 0 Å². The van der Waals surface area contributed by atoms with E-state index < -0.39 is 17.6 Å². The Bertz CT molecular complexity index is 721. The van der Waals surface area contributed by atoms with E-state index in [-0.39, 0.29) is 31.2 Å². The second-order valence-corrected chi connectivity index (χ2v) is 5.32. The number of amides is 1. The van der Waals surface area contributed by atoms with Gasteiger partial charge in [0.05, 0.1) is 24.4 Å². The first-order valence-corrected chi connectivity index (χ1v) is 7.82. The van der Waals surface area contributed by atoms with Crippen LogP contribution in [0.2, 0.25) is 0 Å². The number of nitrogens with one attached hydrogen (secondary N) is 2. The van der Waals surface area contributed by atoms with Gasteiger partial charge in [0.2, 0.25) is 5.91 Å². The van der Waals surface area contributed by atoms with E-state index in [1.54, 1.807) is 24.3 Å². The Morgan fingerprint density at radius 2 is 1.81 bits per heavy atom. The minimum atomic E-state index is -4.52. The van der Waals surface area contributed by atoms with Gasteiger partial charge in [-0.1, -0.05) is 18.2 Å². The van der Waals surface area contributed by atoms with Gasteiger partial charge in [0.25, 0.3) is 0 Å². The van der Waals surface area contributed by atoms with Gasteiger partial charge in [0, 0.05) is 12.8 Å². The molecule has 0 aliphatic carbocycles. The van der Waals surface area contributed by atoms with Gasteiger partial charge in [-0.2, -0.15) is 13.2 Å². The molecule has 0 unspecified atom stereocenters. The van der Waals surface area contributed by atoms with Crippen molar-refractivity contribution in [1.82, 2.24) is 0 Å². The summed E-state index contributed by atoms with van der Waals surface area (Å²) >= 11 is 0. The summed E-state index contributed by atoms with van der Waals surface area (Å²) < 4.78 is 49.0. The number of methoxy groups -OCH3 is 1. The second kappa shape index (κ2) is 9.10. The Hall–Kier alpha value is -2.74. The zero-order valence-electron chi connectivity index (χ0n) is 14.1. The maximum Gasteiger partial charge on any atom is 0.416 e. The highest BCUT2D eigenvalue weighted by Crippen LogP contribution is 2.35. The summed E-state index contributed by atoms with van der Waals surface area (Å²) in [7, 11) is 1.48. The average molecular weight is 368 g/mol. The zero-order valence-corrected chi connectivity index (χ0v) is 14.1. The number of carbonyl (C=O) groups excluding carboxylic acids is 1. The van der Waals surface area contributed by atoms with Crippen LogP contribution in [0.4, 0.5) is 24.5 Å². The number of hydrogen-bond donors (Lipinski definition) is 2. The summed E-state index contributed by atoms with van der Waals surface area (Å²) in [6.07, 6.45) is -4.52. The largest absolute Gasteiger partial charge is 0.489 e. The molecule has 5 nitrogen and oxygen atoms in total. The Kier molecular flexibility index (Phi) is 6.85. The Morgan fingerprint density at radius 3 is 2.46 bits per heavy atom. The summed E-state index contributed by atoms with van der Waals surface area (Å²) in [4.78, 5) is 12.1. The van der Waals surface area contributed by atoms with Gasteiger partial charge in [0.15, 0.2) is 0 Å². The normalized spacial score (nSPS) is 11.1. The monoisotopic (exact) mass is 368 g/mol. The van der Waals surface area contributed by atoms with E-state index in [1.165, 1.54) is 13.2 Å². The lowest BCUT2D eigenvalue weighted by Gasteiger charge is -2.15. The first-order chi connectivity index (χ1) is 12.4. The van der Waals surface area contributed by atoms with Crippen molar-refractivity contribution < 1.29 is 27.4 Å². The highest BCUT2D eigenvalue weighted by molar-refractivity contribution is 5.95. The highest BCUT2D eigenvalue weighted by atomic mass is 19.4. The molecule has 0 spiro atoms. The minimum Gasteiger partial charge on any atom is -0.489 e. The minimum absolute atomic E-state index is 0.0456. The number of alkyl halides is 3. The zero-order chi connectivity index (χ0) is 19.0. The molecule has 0 saturated carbocycles. The number of para-hydroxylation sites is 1. The van der Waals surface area contributed by atoms with Crippen LogP contribution in [0.25, 0.3) is 0 Å². The van der Waals surface area contributed by atoms with Crippen LogP contribution in [0.15, 0.2) is 48.5 Å². The lowest BCUT2D eigenvalue weighted by Crippen LogP contribution is -2.22. The van der Waals surface area contributed by atoms with E-state index in [9.17, 15) is 18.0 Å². The smallest absolute Gasteiger partial charge is 0.416 e. The molecule has 0 aromatic heterocycles. The van der Waals surface area contributed by atoms with Crippen molar-refractivity contribution >= 4 is 17.3 Å². The summed E-state index contributed by atoms with van der Waals surface area (Å²) in [6, 6.07) is 11.9. The third-order valence-electron chi connectivity index (χ3n) is 3.35. The summed E-state index contributed by atoms with van der Waals surface area (Å²) in [5.41, 5.74) is -0.193. The van der Waals surface area contributed by atoms with Gasteiger partial charge in [-0.15, -0.1) is 0 Å². The van der Waals surface area contributed by atoms with Crippen LogP contribution in [-0.4, -0.2) is 32.8 Å². The molecule has 140 valence electrons. The van der Waals surface area contributed by atoms with E-state index in [4.69, 9.17) is 9.47 Å². The van der Waals surface area contributed by atoms with Crippen LogP contribution in [0.3, 0.4) is 0 Å². The average Bonchev–Trinajstić information content (AvgIpc) is 2.61. The molecule has 0 radical (unpaired) electrons. The standard InChI is InChI=1S/C18H19F3N2O3/c1-25-9-10-26-16-8-7-13(18(19,20)21)11-15(16)23-17(24)12-22-14-5-3-2-4-6-14/h2-8,11,22H,9-10,12H2,1H3,(H,23,24). The predicted octanol–water partition coefficient (Wildman–Crippen LogP) is 3.78. The number of ether oxygens (including phenoxy) is 2. The molecule has 8 heteroatoms. The predicted molar refractivity (Wildman–Crippen MR) is 92.4 cm³/mol. The molecular formula is C18H19F3N2O3. The number of anilines is 2. The molecule has 2 aromatic rings. The van der Waals surface area contributed by atoms with Crippen LogP contribution >= 0.6 is 0 Å². The fourth-order valence-corrected chi connectivity index (χ4v) is 2.10. The number of halogens is 3. The molecule has 2 rings (SSSR count). The van der Waals surface area contributed by atoms with Crippen molar-refractivity contribution in [3.8, 4) is 5.75 Å². The Labute approximate surface area is 149 Å². The third kappa shape index (κ3) is 5.96. The van der Waals surface area contributed by atoms with Crippen molar-refractivity contribution in [3.05, 3.63) is 54.1 Å². The van der Waals surface area contributed by atoms with Crippen LogP contribution in [0.5, 0.6) is 5.75 Å². The summed E-state index contributed by atoms with van der Waals surface area (Å²) in [5.74, 6) is -0.354. The second-order valence-electron chi connectivity index (χ2n) is 5.32. The quantitative estimate of drug-likeness (QED) is 0.696. The van der Waals surface area contributed by atoms with E-state index in [0.717, 1.165) is 17.8 Å². The number of benzene rings is 2. The van der Waals surface area contributed by atoms with Crippen molar-refractivity contribution in [2.24, 2.45) is 0 Å². The molecule has 0 aliphatic heterocycles. The molecule has 0 bridgehead atoms. The first kappa shape index (κ1) is 19.6. The molecule has 0 saturated heterocycles. The van der Waals surface area contributed by atoms with E-state index in [1.807, 2.05) is 6.07 Å². The van der Waals surface area contributed by atoms with Gasteiger partial charge in [-0.25, -0.2) is 0 Å². The molecule has 0 fully saturated rings. The summed E-state index contributed by atoms with van der Waals surface area (Å²) in [6.45, 7) is 0.314. The number of hydrogen-bond acceptors (Lipinski definition) is 4. The number of carbonyl (C=O) groups is 1. The van der Waals surface area contributed by atoms with Crippen LogP contribution in [-0.2, 0) is 15.7 Å². The molecule has 0 aliphatic rings. The Balaban J connectivity index is 2.09. The molecule has 1 amide bonds. The first-order valence-electron chi connectivity index (χ1n) is 7.82. The summed E-state index contributed by atoms with van der Waals surface area (Å²) in [5, 5.41) is 5.34. The van der Waals surface area contributed by atoms with E-state index >= 15 is 0 Å². The van der Waals surface area contributed by atoms with Crippen LogP contribution in [0, 0.1) is 0 Å². The maximum atomic E-state index is 12.9. The molecule has 2 aromatic carbocycles. The maximum absolute atomic E-state index is 12.9. The van der Waals surface area contributed by atoms with Crippen molar-refractivity contribution in [2.45, 2.75) is 6.18 Å². The number of rotatable bonds is 8. The van der Waals surface area contributed by atoms with E-state index in [2.05, 4.69) is 10.6 Å². The van der Waals surface area contributed by atoms with E-state index in [0.29, 0.717) is 0 Å². The highest BCUT2D eigenvalue weighted by Gasteiger charge is 2.31. The lowest BCUT2D eigenvalue weighted by molar-refractivity contribution is -0.137. The fraction of sp³-hybridized carbons (Fsp3) is 0.278. The SMILES string of the molecule is COCCOc1ccc(C(F)(F)F)cc1NC(=O)CNc1ccccc1. The molecule has 0 atom stereocenters. The molecule has 0 heterocycles. The Morgan fingerprint density at radius 1 is 1.08 bits per heavy atom. The van der Waals surface area contributed by atoms with Gasteiger partial charge in [0.1, 0.15) is 12.4 Å². The topological polar surface area (TPSA) is 59.6 Å².